The summed E-state index contributed by atoms with van der Waals surface area (Å²) in [6.45, 7) is 5.28. The minimum atomic E-state index is -0.185. The van der Waals surface area contributed by atoms with Crippen molar-refractivity contribution in [2.45, 2.75) is 46.1 Å². The fraction of sp³-hybridized carbons (Fsp3) is 0.533. The molecule has 0 spiro atoms. The number of guanidine groups is 1. The lowest BCUT2D eigenvalue weighted by molar-refractivity contribution is 0.617. The van der Waals surface area contributed by atoms with Gasteiger partial charge in [-0.15, -0.1) is 24.0 Å². The van der Waals surface area contributed by atoms with Gasteiger partial charge in [-0.2, -0.15) is 0 Å². The lowest BCUT2D eigenvalue weighted by Crippen LogP contribution is -2.32. The predicted octanol–water partition coefficient (Wildman–Crippen LogP) is 3.74. The van der Waals surface area contributed by atoms with Crippen molar-refractivity contribution < 1.29 is 4.39 Å². The monoisotopic (exact) mass is 393 g/mol. The Bertz CT molecular complexity index is 422. The third-order valence-electron chi connectivity index (χ3n) is 2.99. The summed E-state index contributed by atoms with van der Waals surface area (Å²) in [4.78, 5) is 4.24. The highest BCUT2D eigenvalue weighted by Crippen LogP contribution is 2.09. The first-order chi connectivity index (χ1) is 9.13. The Morgan fingerprint density at radius 2 is 2.05 bits per heavy atom. The number of nitrogens with zero attached hydrogens (tertiary/aromatic N) is 1. The van der Waals surface area contributed by atoms with Crippen molar-refractivity contribution >= 4 is 29.9 Å². The molecule has 20 heavy (non-hydrogen) atoms. The summed E-state index contributed by atoms with van der Waals surface area (Å²) in [5, 5.41) is 3.09. The maximum atomic E-state index is 13.1. The molecule has 1 aromatic rings. The molecule has 0 saturated heterocycles. The maximum absolute atomic E-state index is 13.1. The summed E-state index contributed by atoms with van der Waals surface area (Å²) in [6.07, 6.45) is 4.81. The topological polar surface area (TPSA) is 50.4 Å². The fourth-order valence-corrected chi connectivity index (χ4v) is 1.81. The normalized spacial score (nSPS) is 11.1. The zero-order valence-corrected chi connectivity index (χ0v) is 14.6. The third-order valence-corrected chi connectivity index (χ3v) is 2.99. The molecule has 3 nitrogen and oxygen atoms in total. The highest BCUT2D eigenvalue weighted by atomic mass is 127. The van der Waals surface area contributed by atoms with E-state index in [9.17, 15) is 4.39 Å². The van der Waals surface area contributed by atoms with Crippen LogP contribution in [-0.2, 0) is 6.54 Å². The fourth-order valence-electron chi connectivity index (χ4n) is 1.81. The summed E-state index contributed by atoms with van der Waals surface area (Å²) in [7, 11) is 0. The third kappa shape index (κ3) is 7.67. The Balaban J connectivity index is 0.00000361. The smallest absolute Gasteiger partial charge is 0.188 e. The summed E-state index contributed by atoms with van der Waals surface area (Å²) in [5.41, 5.74) is 7.37. The number of aliphatic imine (C=N–C) groups is 1. The summed E-state index contributed by atoms with van der Waals surface area (Å²) < 4.78 is 13.1. The number of nitrogens with two attached hydrogens (primary N) is 1. The first kappa shape index (κ1) is 19.1. The van der Waals surface area contributed by atoms with E-state index in [0.717, 1.165) is 18.5 Å². The molecule has 0 bridgehead atoms. The lowest BCUT2D eigenvalue weighted by Gasteiger charge is -2.06. The number of hydrogen-bond acceptors (Lipinski definition) is 1. The van der Waals surface area contributed by atoms with E-state index in [1.165, 1.54) is 25.3 Å². The van der Waals surface area contributed by atoms with Crippen LogP contribution in [0.15, 0.2) is 23.2 Å². The molecule has 0 amide bonds. The van der Waals surface area contributed by atoms with Gasteiger partial charge in [-0.3, -0.25) is 0 Å². The average Bonchev–Trinajstić information content (AvgIpc) is 2.40. The highest BCUT2D eigenvalue weighted by molar-refractivity contribution is 14.0. The van der Waals surface area contributed by atoms with Crippen molar-refractivity contribution in [1.29, 1.82) is 0 Å². The van der Waals surface area contributed by atoms with Crippen LogP contribution in [-0.4, -0.2) is 12.5 Å². The molecule has 0 radical (unpaired) electrons. The van der Waals surface area contributed by atoms with Crippen LogP contribution in [0, 0.1) is 12.7 Å². The van der Waals surface area contributed by atoms with Crippen molar-refractivity contribution in [2.75, 3.05) is 6.54 Å². The van der Waals surface area contributed by atoms with Gasteiger partial charge >= 0.3 is 0 Å². The van der Waals surface area contributed by atoms with E-state index in [2.05, 4.69) is 17.2 Å². The molecule has 114 valence electrons. The van der Waals surface area contributed by atoms with Crippen molar-refractivity contribution in [3.8, 4) is 0 Å². The highest BCUT2D eigenvalue weighted by Gasteiger charge is 1.98. The van der Waals surface area contributed by atoms with Crippen LogP contribution in [0.5, 0.6) is 0 Å². The molecule has 0 saturated carbocycles. The second-order valence-corrected chi connectivity index (χ2v) is 4.77. The Hall–Kier alpha value is -0.850. The zero-order chi connectivity index (χ0) is 14.1. The Kier molecular flexibility index (Phi) is 10.4. The second kappa shape index (κ2) is 10.9. The summed E-state index contributed by atoms with van der Waals surface area (Å²) >= 11 is 0. The molecule has 0 unspecified atom stereocenters. The standard InChI is InChI=1S/C15H24FN3.HI/c1-3-4-5-6-9-18-15(17)19-11-13-7-8-14(16)12(2)10-13;/h7-8,10H,3-6,9,11H2,1-2H3,(H3,17,18,19);1H. The van der Waals surface area contributed by atoms with E-state index in [1.807, 2.05) is 0 Å². The molecule has 5 heteroatoms. The van der Waals surface area contributed by atoms with E-state index in [-0.39, 0.29) is 29.8 Å². The van der Waals surface area contributed by atoms with Crippen LogP contribution in [0.1, 0.15) is 43.7 Å². The largest absolute Gasteiger partial charge is 0.370 e. The van der Waals surface area contributed by atoms with Crippen LogP contribution in [0.4, 0.5) is 4.39 Å². The van der Waals surface area contributed by atoms with E-state index in [4.69, 9.17) is 5.73 Å². The molecule has 0 aromatic heterocycles. The number of halogens is 2. The second-order valence-electron chi connectivity index (χ2n) is 4.77. The van der Waals surface area contributed by atoms with Gasteiger partial charge in [0.25, 0.3) is 0 Å². The molecule has 0 fully saturated rings. The Morgan fingerprint density at radius 3 is 2.70 bits per heavy atom. The number of unbranched alkanes of at least 4 members (excludes halogenated alkanes) is 3. The van der Waals surface area contributed by atoms with Gasteiger partial charge in [-0.05, 0) is 30.5 Å². The van der Waals surface area contributed by atoms with Crippen LogP contribution >= 0.6 is 24.0 Å². The van der Waals surface area contributed by atoms with Crippen LogP contribution in [0.25, 0.3) is 0 Å². The number of benzene rings is 1. The first-order valence-electron chi connectivity index (χ1n) is 6.92. The van der Waals surface area contributed by atoms with E-state index in [1.54, 1.807) is 19.1 Å². The molecule has 3 N–H and O–H groups in total. The first-order valence-corrected chi connectivity index (χ1v) is 6.92. The van der Waals surface area contributed by atoms with Crippen LogP contribution in [0.2, 0.25) is 0 Å². The lowest BCUT2D eigenvalue weighted by atomic mass is 10.1. The van der Waals surface area contributed by atoms with E-state index in [0.29, 0.717) is 18.1 Å². The summed E-state index contributed by atoms with van der Waals surface area (Å²) in [6, 6.07) is 5.00. The van der Waals surface area contributed by atoms with Crippen molar-refractivity contribution in [3.63, 3.8) is 0 Å². The van der Waals surface area contributed by atoms with Gasteiger partial charge in [-0.25, -0.2) is 9.38 Å². The van der Waals surface area contributed by atoms with E-state index < -0.39 is 0 Å². The number of hydrogen-bond donors (Lipinski definition) is 2. The maximum Gasteiger partial charge on any atom is 0.188 e. The molecule has 1 aromatic carbocycles. The minimum Gasteiger partial charge on any atom is -0.370 e. The SMILES string of the molecule is CCCCCCNC(N)=NCc1ccc(F)c(C)c1.I. The van der Waals surface area contributed by atoms with Gasteiger partial charge in [0.2, 0.25) is 0 Å². The van der Waals surface area contributed by atoms with E-state index >= 15 is 0 Å². The van der Waals surface area contributed by atoms with Gasteiger partial charge in [0.1, 0.15) is 5.82 Å². The average molecular weight is 393 g/mol. The zero-order valence-electron chi connectivity index (χ0n) is 12.3. The Labute approximate surface area is 138 Å². The van der Waals surface area contributed by atoms with Gasteiger partial charge in [-0.1, -0.05) is 38.3 Å². The molecular weight excluding hydrogens is 368 g/mol. The van der Waals surface area contributed by atoms with Crippen LogP contribution in [0.3, 0.4) is 0 Å². The molecule has 1 rings (SSSR count). The molecule has 0 atom stereocenters. The number of aryl methyl sites for hydroxylation is 1. The van der Waals surface area contributed by atoms with Gasteiger partial charge in [0, 0.05) is 6.54 Å². The number of nitrogens with one attached hydrogen (secondary N) is 1. The van der Waals surface area contributed by atoms with Gasteiger partial charge in [0.05, 0.1) is 6.54 Å². The molecular formula is C15H25FIN3. The molecule has 0 aliphatic rings. The summed E-state index contributed by atoms with van der Waals surface area (Å²) in [5.74, 6) is 0.272. The van der Waals surface area contributed by atoms with Gasteiger partial charge < -0.3 is 11.1 Å². The van der Waals surface area contributed by atoms with Crippen molar-refractivity contribution in [2.24, 2.45) is 10.7 Å². The number of rotatable bonds is 7. The van der Waals surface area contributed by atoms with Crippen LogP contribution < -0.4 is 11.1 Å². The minimum absolute atomic E-state index is 0. The quantitative estimate of drug-likeness (QED) is 0.321. The van der Waals surface area contributed by atoms with Gasteiger partial charge in [0.15, 0.2) is 5.96 Å². The van der Waals surface area contributed by atoms with Crippen molar-refractivity contribution in [3.05, 3.63) is 35.1 Å². The molecule has 0 aliphatic carbocycles. The molecule has 0 aliphatic heterocycles. The Morgan fingerprint density at radius 1 is 1.30 bits per heavy atom. The predicted molar refractivity (Wildman–Crippen MR) is 94.0 cm³/mol. The van der Waals surface area contributed by atoms with Crippen molar-refractivity contribution in [1.82, 2.24) is 5.32 Å². The molecule has 0 heterocycles.